The van der Waals surface area contributed by atoms with E-state index in [4.69, 9.17) is 14.5 Å². The summed E-state index contributed by atoms with van der Waals surface area (Å²) in [7, 11) is 0. The number of H-pyrrole nitrogens is 1. The Labute approximate surface area is 209 Å². The van der Waals surface area contributed by atoms with Gasteiger partial charge in [-0.25, -0.2) is 15.0 Å². The van der Waals surface area contributed by atoms with Gasteiger partial charge < -0.3 is 9.84 Å². The van der Waals surface area contributed by atoms with Crippen molar-refractivity contribution in [2.24, 2.45) is 5.92 Å². The van der Waals surface area contributed by atoms with Crippen LogP contribution in [0.25, 0.3) is 43.8 Å². The highest BCUT2D eigenvalue weighted by Gasteiger charge is 2.26. The average molecular weight is 496 g/mol. The summed E-state index contributed by atoms with van der Waals surface area (Å²) in [4.78, 5) is 24.8. The Hall–Kier alpha value is -4.51. The van der Waals surface area contributed by atoms with Crippen LogP contribution in [0.2, 0.25) is 0 Å². The molecule has 0 saturated carbocycles. The van der Waals surface area contributed by atoms with Crippen LogP contribution in [0.3, 0.4) is 0 Å². The molecule has 0 aliphatic carbocycles. The van der Waals surface area contributed by atoms with Crippen molar-refractivity contribution in [2.75, 3.05) is 5.32 Å². The molecule has 1 aromatic carbocycles. The van der Waals surface area contributed by atoms with Gasteiger partial charge in [0.05, 0.1) is 5.39 Å². The first kappa shape index (κ1) is 22.0. The van der Waals surface area contributed by atoms with Crippen molar-refractivity contribution >= 4 is 27.4 Å². The Morgan fingerprint density at radius 3 is 2.56 bits per heavy atom. The number of aromatic nitrogens is 8. The van der Waals surface area contributed by atoms with Gasteiger partial charge >= 0.3 is 0 Å². The molecule has 1 unspecified atom stereocenters. The zero-order chi connectivity index (χ0) is 24.5. The highest BCUT2D eigenvalue weighted by Crippen LogP contribution is 2.38. The molecule has 36 heavy (non-hydrogen) atoms. The minimum Gasteiger partial charge on any atom is -0.358 e. The third kappa shape index (κ3) is 4.20. The van der Waals surface area contributed by atoms with E-state index in [1.54, 1.807) is 17.5 Å². The van der Waals surface area contributed by atoms with Crippen LogP contribution in [0.15, 0.2) is 71.6 Å². The van der Waals surface area contributed by atoms with Crippen LogP contribution in [0.1, 0.15) is 25.8 Å². The van der Waals surface area contributed by atoms with Gasteiger partial charge in [0.2, 0.25) is 11.7 Å². The van der Waals surface area contributed by atoms with Gasteiger partial charge in [0.15, 0.2) is 11.6 Å². The van der Waals surface area contributed by atoms with Crippen LogP contribution in [0.4, 0.5) is 5.82 Å². The maximum atomic E-state index is 5.62. The molecule has 0 bridgehead atoms. The standard InChI is InChI=1S/C25H21N9OS/c1-14(2)19(24-31-23(34-35-24)22-27-13-28-33-22)29-20-16-12-18(15-8-4-3-5-9-15)36-25(16)32-21(30-20)17-10-6-7-11-26-17/h3-14,19H,1-2H3,(H,27,28,33)(H,29,30,32). The molecule has 0 fully saturated rings. The van der Waals surface area contributed by atoms with Crippen LogP contribution < -0.4 is 5.32 Å². The van der Waals surface area contributed by atoms with Crippen LogP contribution in [-0.2, 0) is 0 Å². The molecular formula is C25H21N9OS. The highest BCUT2D eigenvalue weighted by atomic mass is 32.1. The average Bonchev–Trinajstić information content (AvgIpc) is 3.68. The summed E-state index contributed by atoms with van der Waals surface area (Å²) in [5.74, 6) is 2.56. The molecule has 1 atom stereocenters. The SMILES string of the molecule is CC(C)C(Nc1nc(-c2ccccn2)nc2sc(-c3ccccc3)cc12)c1nc(-c2ncn[nH]2)no1. The second-order valence-electron chi connectivity index (χ2n) is 8.46. The topological polar surface area (TPSA) is 131 Å². The number of rotatable bonds is 7. The quantitative estimate of drug-likeness (QED) is 0.299. The van der Waals surface area contributed by atoms with Gasteiger partial charge in [-0.1, -0.05) is 55.4 Å². The summed E-state index contributed by atoms with van der Waals surface area (Å²) < 4.78 is 5.62. The Kier molecular flexibility index (Phi) is 5.66. The van der Waals surface area contributed by atoms with Gasteiger partial charge in [0.1, 0.15) is 28.7 Å². The van der Waals surface area contributed by atoms with E-state index in [9.17, 15) is 0 Å². The molecule has 0 aliphatic rings. The van der Waals surface area contributed by atoms with Crippen LogP contribution in [0, 0.1) is 5.92 Å². The molecule has 2 N–H and O–H groups in total. The number of fused-ring (bicyclic) bond motifs is 1. The van der Waals surface area contributed by atoms with Gasteiger partial charge in [0, 0.05) is 11.1 Å². The van der Waals surface area contributed by atoms with E-state index in [1.165, 1.54) is 6.33 Å². The lowest BCUT2D eigenvalue weighted by molar-refractivity contribution is 0.335. The Morgan fingerprint density at radius 2 is 1.81 bits per heavy atom. The zero-order valence-electron chi connectivity index (χ0n) is 19.5. The molecule has 0 saturated heterocycles. The van der Waals surface area contributed by atoms with Gasteiger partial charge in [-0.3, -0.25) is 10.1 Å². The van der Waals surface area contributed by atoms with Gasteiger partial charge in [-0.05, 0) is 29.7 Å². The lowest BCUT2D eigenvalue weighted by Crippen LogP contribution is -2.18. The zero-order valence-corrected chi connectivity index (χ0v) is 20.3. The molecule has 0 spiro atoms. The first-order valence-corrected chi connectivity index (χ1v) is 12.2. The number of aromatic amines is 1. The van der Waals surface area contributed by atoms with Gasteiger partial charge in [0.25, 0.3) is 0 Å². The molecule has 0 radical (unpaired) electrons. The third-order valence-corrected chi connectivity index (χ3v) is 6.72. The molecule has 0 aliphatic heterocycles. The van der Waals surface area contributed by atoms with Crippen molar-refractivity contribution in [2.45, 2.75) is 19.9 Å². The molecule has 11 heteroatoms. The number of hydrogen-bond donors (Lipinski definition) is 2. The first-order valence-electron chi connectivity index (χ1n) is 11.4. The number of nitrogens with zero attached hydrogens (tertiary/aromatic N) is 7. The van der Waals surface area contributed by atoms with E-state index in [1.807, 2.05) is 36.4 Å². The Bertz CT molecular complexity index is 1600. The van der Waals surface area contributed by atoms with Crippen molar-refractivity contribution in [3.63, 3.8) is 0 Å². The maximum Gasteiger partial charge on any atom is 0.249 e. The number of anilines is 1. The van der Waals surface area contributed by atoms with Crippen LogP contribution >= 0.6 is 11.3 Å². The van der Waals surface area contributed by atoms with E-state index in [0.717, 1.165) is 20.7 Å². The largest absolute Gasteiger partial charge is 0.358 e. The summed E-state index contributed by atoms with van der Waals surface area (Å²) in [5, 5.41) is 15.2. The first-order chi connectivity index (χ1) is 17.7. The maximum absolute atomic E-state index is 5.62. The number of hydrogen-bond acceptors (Lipinski definition) is 10. The minimum atomic E-state index is -0.302. The van der Waals surface area contributed by atoms with Crippen molar-refractivity contribution in [3.05, 3.63) is 73.0 Å². The Morgan fingerprint density at radius 1 is 0.944 bits per heavy atom. The molecule has 6 rings (SSSR count). The van der Waals surface area contributed by atoms with Gasteiger partial charge in [-0.2, -0.15) is 10.1 Å². The lowest BCUT2D eigenvalue weighted by atomic mass is 10.0. The summed E-state index contributed by atoms with van der Waals surface area (Å²) in [6.07, 6.45) is 3.14. The molecule has 6 aromatic rings. The van der Waals surface area contributed by atoms with Crippen molar-refractivity contribution in [1.82, 2.24) is 40.3 Å². The summed E-state index contributed by atoms with van der Waals surface area (Å²) >= 11 is 1.62. The fourth-order valence-corrected chi connectivity index (χ4v) is 4.85. The summed E-state index contributed by atoms with van der Waals surface area (Å²) in [6, 6.07) is 17.8. The number of benzene rings is 1. The molecule has 178 valence electrons. The second kappa shape index (κ2) is 9.27. The number of pyridine rings is 1. The van der Waals surface area contributed by atoms with Crippen LogP contribution in [0.5, 0.6) is 0 Å². The molecule has 0 amide bonds. The lowest BCUT2D eigenvalue weighted by Gasteiger charge is -2.20. The number of thiophene rings is 1. The molecule has 10 nitrogen and oxygen atoms in total. The molecule has 5 heterocycles. The van der Waals surface area contributed by atoms with Crippen LogP contribution in [-0.4, -0.2) is 40.3 Å². The van der Waals surface area contributed by atoms with E-state index < -0.39 is 0 Å². The second-order valence-corrected chi connectivity index (χ2v) is 9.49. The predicted octanol–water partition coefficient (Wildman–Crippen LogP) is 5.40. The number of nitrogens with one attached hydrogen (secondary N) is 2. The normalized spacial score (nSPS) is 12.3. The summed E-state index contributed by atoms with van der Waals surface area (Å²) in [5.41, 5.74) is 1.82. The third-order valence-electron chi connectivity index (χ3n) is 5.64. The monoisotopic (exact) mass is 495 g/mol. The smallest absolute Gasteiger partial charge is 0.249 e. The van der Waals surface area contributed by atoms with Crippen molar-refractivity contribution in [1.29, 1.82) is 0 Å². The van der Waals surface area contributed by atoms with Crippen molar-refractivity contribution < 1.29 is 4.52 Å². The Balaban J connectivity index is 1.45. The fraction of sp³-hybridized carbons (Fsp3) is 0.160. The highest BCUT2D eigenvalue weighted by molar-refractivity contribution is 7.22. The molecular weight excluding hydrogens is 474 g/mol. The van der Waals surface area contributed by atoms with E-state index in [0.29, 0.717) is 34.9 Å². The minimum absolute atomic E-state index is 0.114. The summed E-state index contributed by atoms with van der Waals surface area (Å²) in [6.45, 7) is 4.16. The predicted molar refractivity (Wildman–Crippen MR) is 137 cm³/mol. The van der Waals surface area contributed by atoms with E-state index in [2.05, 4.69) is 67.7 Å². The fourth-order valence-electron chi connectivity index (χ4n) is 3.82. The van der Waals surface area contributed by atoms with Gasteiger partial charge in [-0.15, -0.1) is 11.3 Å². The van der Waals surface area contributed by atoms with E-state index in [-0.39, 0.29) is 12.0 Å². The molecule has 5 aromatic heterocycles. The van der Waals surface area contributed by atoms with Crippen molar-refractivity contribution in [3.8, 4) is 33.6 Å². The van der Waals surface area contributed by atoms with E-state index >= 15 is 0 Å².